The quantitative estimate of drug-likeness (QED) is 0.316. The van der Waals surface area contributed by atoms with Gasteiger partial charge in [0.15, 0.2) is 34.0 Å². The number of methoxy groups -OCH3 is 2. The van der Waals surface area contributed by atoms with Gasteiger partial charge in [0.25, 0.3) is 0 Å². The van der Waals surface area contributed by atoms with Crippen molar-refractivity contribution in [2.75, 3.05) is 26.3 Å². The summed E-state index contributed by atoms with van der Waals surface area (Å²) in [6.07, 6.45) is 0.846. The number of hydrogen-bond acceptors (Lipinski definition) is 7. The minimum atomic E-state index is -2.11. The smallest absolute Gasteiger partial charge is 0.306 e. The first-order valence-electron chi connectivity index (χ1n) is 10.1. The summed E-state index contributed by atoms with van der Waals surface area (Å²) in [5, 5.41) is 0. The topological polar surface area (TPSA) is 104 Å². The van der Waals surface area contributed by atoms with Crippen molar-refractivity contribution in [1.82, 2.24) is 4.83 Å². The molecular weight excluding hydrogens is 480 g/mol. The summed E-state index contributed by atoms with van der Waals surface area (Å²) in [7, 11) is 2.97. The number of anilines is 1. The van der Waals surface area contributed by atoms with Crippen molar-refractivity contribution >= 4 is 39.4 Å². The fraction of sp³-hybridized carbons (Fsp3) is 0.364. The summed E-state index contributed by atoms with van der Waals surface area (Å²) in [5.74, 6) is 1.29. The number of ether oxygens (including phenoxy) is 2. The minimum Gasteiger partial charge on any atom is -0.496 e. The van der Waals surface area contributed by atoms with Crippen LogP contribution in [0.4, 0.5) is 17.1 Å². The van der Waals surface area contributed by atoms with Gasteiger partial charge in [0, 0.05) is 6.07 Å². The predicted octanol–water partition coefficient (Wildman–Crippen LogP) is 4.77. The molecular formula is C22H26N4O6S2. The molecule has 34 heavy (non-hydrogen) atoms. The van der Waals surface area contributed by atoms with Crippen LogP contribution in [0.1, 0.15) is 25.8 Å². The summed E-state index contributed by atoms with van der Waals surface area (Å²) in [5.41, 5.74) is 3.64. The first-order chi connectivity index (χ1) is 16.3. The molecule has 0 aliphatic carbocycles. The van der Waals surface area contributed by atoms with Gasteiger partial charge in [0.1, 0.15) is 5.75 Å². The first-order valence-corrected chi connectivity index (χ1v) is 12.2. The molecule has 0 spiro atoms. The summed E-state index contributed by atoms with van der Waals surface area (Å²) in [6.45, 7) is 20.6. The first kappa shape index (κ1) is 27.1. The van der Waals surface area contributed by atoms with E-state index >= 15 is 0 Å². The van der Waals surface area contributed by atoms with Gasteiger partial charge in [-0.15, -0.1) is 4.83 Å². The van der Waals surface area contributed by atoms with Crippen LogP contribution >= 0.6 is 0 Å². The Morgan fingerprint density at radius 3 is 2.24 bits per heavy atom. The van der Waals surface area contributed by atoms with Crippen molar-refractivity contribution in [3.05, 3.63) is 52.7 Å². The molecule has 12 heteroatoms. The van der Waals surface area contributed by atoms with Crippen molar-refractivity contribution in [2.24, 2.45) is 5.92 Å². The van der Waals surface area contributed by atoms with E-state index in [2.05, 4.69) is 19.9 Å². The summed E-state index contributed by atoms with van der Waals surface area (Å²) >= 11 is -4.04. The lowest BCUT2D eigenvalue weighted by molar-refractivity contribution is 0.280. The number of nitrogens with zero attached hydrogens (tertiary/aromatic N) is 2. The van der Waals surface area contributed by atoms with Crippen LogP contribution in [0.2, 0.25) is 0 Å². The van der Waals surface area contributed by atoms with Crippen LogP contribution in [0.5, 0.6) is 17.2 Å². The van der Waals surface area contributed by atoms with Crippen molar-refractivity contribution < 1.29 is 26.3 Å². The molecule has 2 N–H and O–H groups in total. The second-order valence-electron chi connectivity index (χ2n) is 7.11. The molecule has 0 heterocycles. The number of nitrogens with one attached hydrogen (secondary N) is 2. The van der Waals surface area contributed by atoms with Crippen molar-refractivity contribution in [2.45, 2.75) is 32.1 Å². The zero-order valence-electron chi connectivity index (χ0n) is 19.5. The van der Waals surface area contributed by atoms with Gasteiger partial charge in [-0.2, -0.15) is 4.21 Å². The Kier molecular flexibility index (Phi) is 10.3. The highest BCUT2D eigenvalue weighted by atomic mass is 32.2. The number of aryl methyl sites for hydroxylation is 1. The number of rotatable bonds is 12. The third-order valence-electron chi connectivity index (χ3n) is 4.77. The number of hydrogen-bond donors (Lipinski definition) is 2. The maximum atomic E-state index is 12.8. The van der Waals surface area contributed by atoms with Crippen molar-refractivity contribution in [3.63, 3.8) is 0 Å². The van der Waals surface area contributed by atoms with Crippen LogP contribution in [0, 0.1) is 26.0 Å². The third kappa shape index (κ3) is 6.92. The van der Waals surface area contributed by atoms with Gasteiger partial charge in [0.05, 0.1) is 44.6 Å². The number of benzene rings is 2. The molecule has 182 valence electrons. The summed E-state index contributed by atoms with van der Waals surface area (Å²) in [4.78, 5) is 9.22. The molecule has 0 saturated heterocycles. The Hall–Kier alpha value is -3.16. The van der Waals surface area contributed by atoms with E-state index < -0.39 is 22.3 Å². The van der Waals surface area contributed by atoms with Gasteiger partial charge in [-0.25, -0.2) is 4.21 Å². The second kappa shape index (κ2) is 12.9. The lowest BCUT2D eigenvalue weighted by atomic mass is 10.1. The van der Waals surface area contributed by atoms with Gasteiger partial charge >= 0.3 is 11.3 Å². The van der Waals surface area contributed by atoms with E-state index in [0.29, 0.717) is 11.5 Å². The maximum Gasteiger partial charge on any atom is 0.306 e. The van der Waals surface area contributed by atoms with Crippen LogP contribution in [0.3, 0.4) is 0 Å². The molecule has 3 atom stereocenters. The van der Waals surface area contributed by atoms with E-state index in [1.165, 1.54) is 26.4 Å². The van der Waals surface area contributed by atoms with Crippen LogP contribution in [0.15, 0.2) is 29.2 Å². The molecule has 10 nitrogen and oxygen atoms in total. The van der Waals surface area contributed by atoms with E-state index in [4.69, 9.17) is 31.0 Å². The third-order valence-corrected chi connectivity index (χ3v) is 6.42. The summed E-state index contributed by atoms with van der Waals surface area (Å²) in [6, 6.07) is 5.87. The molecule has 0 aromatic heterocycles. The zero-order valence-corrected chi connectivity index (χ0v) is 21.1. The normalized spacial score (nSPS) is 13.1. The SMILES string of the molecule is [C-]#[N+]c1cc(NNS(=O)Oc2cc(C)c(OC)cc2OC)c(S(=O)OCC(C)CC)cc1[N+]#[C-]. The van der Waals surface area contributed by atoms with E-state index in [9.17, 15) is 8.42 Å². The molecule has 0 radical (unpaired) electrons. The van der Waals surface area contributed by atoms with E-state index in [-0.39, 0.29) is 40.2 Å². The molecule has 0 bridgehead atoms. The average Bonchev–Trinajstić information content (AvgIpc) is 2.85. The minimum absolute atomic E-state index is 0.0341. The molecule has 2 aromatic rings. The Morgan fingerprint density at radius 1 is 1.00 bits per heavy atom. The zero-order chi connectivity index (χ0) is 25.3. The Balaban J connectivity index is 2.25. The van der Waals surface area contributed by atoms with Gasteiger partial charge < -0.3 is 19.1 Å². The molecule has 2 rings (SSSR count). The largest absolute Gasteiger partial charge is 0.496 e. The molecule has 0 saturated carbocycles. The van der Waals surface area contributed by atoms with Crippen molar-refractivity contribution in [1.29, 1.82) is 0 Å². The predicted molar refractivity (Wildman–Crippen MR) is 131 cm³/mol. The molecule has 2 aromatic carbocycles. The fourth-order valence-electron chi connectivity index (χ4n) is 2.62. The highest BCUT2D eigenvalue weighted by Crippen LogP contribution is 2.37. The van der Waals surface area contributed by atoms with Gasteiger partial charge in [0.2, 0.25) is 0 Å². The monoisotopic (exact) mass is 506 g/mol. The van der Waals surface area contributed by atoms with E-state index in [1.807, 2.05) is 13.8 Å². The van der Waals surface area contributed by atoms with Crippen LogP contribution in [-0.4, -0.2) is 29.2 Å². The lowest BCUT2D eigenvalue weighted by Crippen LogP contribution is -2.28. The van der Waals surface area contributed by atoms with Crippen LogP contribution in [-0.2, 0) is 26.5 Å². The molecule has 0 aliphatic rings. The molecule has 3 unspecified atom stereocenters. The molecule has 0 amide bonds. The van der Waals surface area contributed by atoms with E-state index in [0.717, 1.165) is 12.0 Å². The second-order valence-corrected chi connectivity index (χ2v) is 9.10. The lowest BCUT2D eigenvalue weighted by Gasteiger charge is -2.16. The molecule has 0 fully saturated rings. The molecule has 0 aliphatic heterocycles. The summed E-state index contributed by atoms with van der Waals surface area (Å²) < 4.78 is 46.7. The fourth-order valence-corrected chi connectivity index (χ4v) is 4.13. The average molecular weight is 507 g/mol. The van der Waals surface area contributed by atoms with Crippen molar-refractivity contribution in [3.8, 4) is 17.2 Å². The Bertz CT molecular complexity index is 1160. The van der Waals surface area contributed by atoms with Gasteiger partial charge in [-0.05, 0) is 36.6 Å². The standard InChI is InChI=1S/C22H26N4O6S2/c1-8-14(2)13-31-33(27)22-11-17(24-5)16(23-4)10-18(22)25-26-34(28)32-21-9-15(3)19(29-6)12-20(21)30-7/h9-12,14,25-26H,8,13H2,1-3,6-7H3. The Morgan fingerprint density at radius 2 is 1.65 bits per heavy atom. The van der Waals surface area contributed by atoms with Gasteiger partial charge in [-0.3, -0.25) is 13.9 Å². The Labute approximate surface area is 204 Å². The van der Waals surface area contributed by atoms with Crippen LogP contribution < -0.4 is 23.9 Å². The van der Waals surface area contributed by atoms with Crippen LogP contribution in [0.25, 0.3) is 9.69 Å². The maximum absolute atomic E-state index is 12.8. The number of hydrazine groups is 1. The van der Waals surface area contributed by atoms with Gasteiger partial charge in [-0.1, -0.05) is 20.3 Å². The highest BCUT2D eigenvalue weighted by molar-refractivity contribution is 7.80. The van der Waals surface area contributed by atoms with E-state index in [1.54, 1.807) is 19.1 Å². The highest BCUT2D eigenvalue weighted by Gasteiger charge is 2.18.